The van der Waals surface area contributed by atoms with Gasteiger partial charge in [-0.15, -0.1) is 11.3 Å². The number of fused-ring (bicyclic) bond motifs is 1. The summed E-state index contributed by atoms with van der Waals surface area (Å²) in [5, 5.41) is 17.6. The van der Waals surface area contributed by atoms with Crippen LogP contribution in [0, 0.1) is 13.8 Å². The average molecular weight is 360 g/mol. The third kappa shape index (κ3) is 2.93. The molecule has 0 radical (unpaired) electrons. The van der Waals surface area contributed by atoms with Crippen LogP contribution in [-0.4, -0.2) is 10.1 Å². The lowest BCUT2D eigenvalue weighted by Gasteiger charge is -2.22. The number of phenolic OH excluding ortho intramolecular Hbond substituents is 1. The largest absolute Gasteiger partial charge is 0.505 e. The van der Waals surface area contributed by atoms with Gasteiger partial charge in [0, 0.05) is 27.7 Å². The van der Waals surface area contributed by atoms with E-state index in [-0.39, 0.29) is 11.8 Å². The van der Waals surface area contributed by atoms with Crippen molar-refractivity contribution >= 4 is 27.9 Å². The van der Waals surface area contributed by atoms with Gasteiger partial charge in [-0.1, -0.05) is 36.4 Å². The Hall–Kier alpha value is -2.85. The number of anilines is 1. The van der Waals surface area contributed by atoms with Crippen molar-refractivity contribution in [3.63, 3.8) is 0 Å². The van der Waals surface area contributed by atoms with Crippen LogP contribution in [0.4, 0.5) is 5.69 Å². The molecule has 0 saturated carbocycles. The standard InChI is InChI=1S/C22H20N2OS/c1-14-6-3-8-18(15(14)2)24-21(19-9-5-13-26-19)17-11-10-16-7-4-12-23-20(16)22(17)25/h3-13,21,24-25H,1-2H3. The lowest BCUT2D eigenvalue weighted by atomic mass is 10.00. The topological polar surface area (TPSA) is 45.2 Å². The van der Waals surface area contributed by atoms with Gasteiger partial charge in [0.1, 0.15) is 11.3 Å². The number of pyridine rings is 1. The fourth-order valence-electron chi connectivity index (χ4n) is 3.20. The van der Waals surface area contributed by atoms with E-state index >= 15 is 0 Å². The number of aromatic hydroxyl groups is 1. The highest BCUT2D eigenvalue weighted by Gasteiger charge is 2.21. The highest BCUT2D eigenvalue weighted by atomic mass is 32.1. The van der Waals surface area contributed by atoms with Crippen LogP contribution in [0.1, 0.15) is 27.6 Å². The summed E-state index contributed by atoms with van der Waals surface area (Å²) in [4.78, 5) is 5.52. The predicted molar refractivity (Wildman–Crippen MR) is 109 cm³/mol. The van der Waals surface area contributed by atoms with Crippen LogP contribution in [0.15, 0.2) is 66.2 Å². The average Bonchev–Trinajstić information content (AvgIpc) is 3.18. The highest BCUT2D eigenvalue weighted by molar-refractivity contribution is 7.10. The Kier molecular flexibility index (Phi) is 4.35. The second-order valence-corrected chi connectivity index (χ2v) is 7.40. The number of rotatable bonds is 4. The monoisotopic (exact) mass is 360 g/mol. The van der Waals surface area contributed by atoms with Crippen molar-refractivity contribution in [2.45, 2.75) is 19.9 Å². The number of hydrogen-bond donors (Lipinski definition) is 2. The smallest absolute Gasteiger partial charge is 0.147 e. The third-order valence-electron chi connectivity index (χ3n) is 4.82. The van der Waals surface area contributed by atoms with Gasteiger partial charge in [0.05, 0.1) is 6.04 Å². The van der Waals surface area contributed by atoms with Crippen LogP contribution in [0.5, 0.6) is 5.75 Å². The summed E-state index contributed by atoms with van der Waals surface area (Å²) in [5.41, 5.74) is 4.99. The minimum Gasteiger partial charge on any atom is -0.505 e. The van der Waals surface area contributed by atoms with E-state index in [1.807, 2.05) is 30.3 Å². The summed E-state index contributed by atoms with van der Waals surface area (Å²) < 4.78 is 0. The summed E-state index contributed by atoms with van der Waals surface area (Å²) in [6, 6.07) is 18.1. The molecule has 4 rings (SSSR count). The Morgan fingerprint density at radius 1 is 1.00 bits per heavy atom. The summed E-state index contributed by atoms with van der Waals surface area (Å²) in [6.07, 6.45) is 1.71. The van der Waals surface area contributed by atoms with Gasteiger partial charge in [-0.3, -0.25) is 4.98 Å². The van der Waals surface area contributed by atoms with Crippen LogP contribution in [0.25, 0.3) is 10.9 Å². The van der Waals surface area contributed by atoms with Gasteiger partial charge in [-0.2, -0.15) is 0 Å². The molecular formula is C22H20N2OS. The second kappa shape index (κ2) is 6.81. The number of nitrogens with one attached hydrogen (secondary N) is 1. The van der Waals surface area contributed by atoms with Crippen LogP contribution in [-0.2, 0) is 0 Å². The number of nitrogens with zero attached hydrogens (tertiary/aromatic N) is 1. The van der Waals surface area contributed by atoms with Crippen molar-refractivity contribution in [1.82, 2.24) is 4.98 Å². The van der Waals surface area contributed by atoms with E-state index < -0.39 is 0 Å². The van der Waals surface area contributed by atoms with Gasteiger partial charge in [-0.05, 0) is 48.6 Å². The van der Waals surface area contributed by atoms with Gasteiger partial charge in [0.25, 0.3) is 0 Å². The number of thiophene rings is 1. The fraction of sp³-hybridized carbons (Fsp3) is 0.136. The molecule has 26 heavy (non-hydrogen) atoms. The summed E-state index contributed by atoms with van der Waals surface area (Å²) in [7, 11) is 0. The molecular weight excluding hydrogens is 340 g/mol. The molecule has 0 aliphatic carbocycles. The van der Waals surface area contributed by atoms with E-state index in [4.69, 9.17) is 0 Å². The third-order valence-corrected chi connectivity index (χ3v) is 5.76. The molecule has 2 aromatic carbocycles. The molecule has 0 bridgehead atoms. The van der Waals surface area contributed by atoms with Crippen molar-refractivity contribution in [2.75, 3.05) is 5.32 Å². The molecule has 1 unspecified atom stereocenters. The molecule has 2 aromatic heterocycles. The molecule has 0 amide bonds. The molecule has 0 fully saturated rings. The minimum absolute atomic E-state index is 0.137. The molecule has 4 aromatic rings. The Balaban J connectivity index is 1.85. The lowest BCUT2D eigenvalue weighted by molar-refractivity contribution is 0.472. The molecule has 0 aliphatic rings. The first kappa shape index (κ1) is 16.6. The number of aryl methyl sites for hydroxylation is 1. The molecule has 2 heterocycles. The van der Waals surface area contributed by atoms with Gasteiger partial charge >= 0.3 is 0 Å². The molecule has 0 aliphatic heterocycles. The highest BCUT2D eigenvalue weighted by Crippen LogP contribution is 2.38. The normalized spacial score (nSPS) is 12.2. The zero-order chi connectivity index (χ0) is 18.1. The van der Waals surface area contributed by atoms with Gasteiger partial charge in [0.2, 0.25) is 0 Å². The maximum atomic E-state index is 10.9. The van der Waals surface area contributed by atoms with Crippen LogP contribution < -0.4 is 5.32 Å². The zero-order valence-electron chi connectivity index (χ0n) is 14.7. The predicted octanol–water partition coefficient (Wildman–Crippen LogP) is 5.82. The van der Waals surface area contributed by atoms with Crippen LogP contribution in [0.3, 0.4) is 0 Å². The molecule has 4 heteroatoms. The summed E-state index contributed by atoms with van der Waals surface area (Å²) >= 11 is 1.68. The van der Waals surface area contributed by atoms with E-state index in [0.717, 1.165) is 21.5 Å². The Morgan fingerprint density at radius 2 is 1.88 bits per heavy atom. The minimum atomic E-state index is -0.137. The maximum Gasteiger partial charge on any atom is 0.147 e. The van der Waals surface area contributed by atoms with Gasteiger partial charge < -0.3 is 10.4 Å². The van der Waals surface area contributed by atoms with E-state index in [1.54, 1.807) is 17.5 Å². The number of phenols is 1. The molecule has 0 spiro atoms. The molecule has 1 atom stereocenters. The Bertz CT molecular complexity index is 1060. The first-order valence-corrected chi connectivity index (χ1v) is 9.46. The first-order chi connectivity index (χ1) is 12.6. The Labute approximate surface area is 157 Å². The van der Waals surface area contributed by atoms with Crippen molar-refractivity contribution in [2.24, 2.45) is 0 Å². The summed E-state index contributed by atoms with van der Waals surface area (Å²) in [6.45, 7) is 4.23. The van der Waals surface area contributed by atoms with Crippen molar-refractivity contribution in [3.8, 4) is 5.75 Å². The molecule has 2 N–H and O–H groups in total. The first-order valence-electron chi connectivity index (χ1n) is 8.58. The van der Waals surface area contributed by atoms with E-state index in [0.29, 0.717) is 5.52 Å². The zero-order valence-corrected chi connectivity index (χ0v) is 15.5. The second-order valence-electron chi connectivity index (χ2n) is 6.42. The number of hydrogen-bond acceptors (Lipinski definition) is 4. The molecule has 0 saturated heterocycles. The van der Waals surface area contributed by atoms with Crippen LogP contribution >= 0.6 is 11.3 Å². The summed E-state index contributed by atoms with van der Waals surface area (Å²) in [5.74, 6) is 0.235. The van der Waals surface area contributed by atoms with Gasteiger partial charge in [-0.25, -0.2) is 0 Å². The van der Waals surface area contributed by atoms with Crippen molar-refractivity contribution < 1.29 is 5.11 Å². The Morgan fingerprint density at radius 3 is 2.69 bits per heavy atom. The SMILES string of the molecule is Cc1cccc(NC(c2cccs2)c2ccc3cccnc3c2O)c1C. The number of aromatic nitrogens is 1. The fourth-order valence-corrected chi connectivity index (χ4v) is 3.99. The van der Waals surface area contributed by atoms with E-state index in [9.17, 15) is 5.11 Å². The maximum absolute atomic E-state index is 10.9. The van der Waals surface area contributed by atoms with E-state index in [2.05, 4.69) is 53.8 Å². The van der Waals surface area contributed by atoms with Gasteiger partial charge in [0.15, 0.2) is 0 Å². The molecule has 3 nitrogen and oxygen atoms in total. The number of benzene rings is 2. The lowest BCUT2D eigenvalue weighted by Crippen LogP contribution is -2.12. The van der Waals surface area contributed by atoms with Crippen molar-refractivity contribution in [1.29, 1.82) is 0 Å². The van der Waals surface area contributed by atoms with Crippen LogP contribution in [0.2, 0.25) is 0 Å². The molecule has 130 valence electrons. The quantitative estimate of drug-likeness (QED) is 0.482. The van der Waals surface area contributed by atoms with Crippen molar-refractivity contribution in [3.05, 3.63) is 87.7 Å². The van der Waals surface area contributed by atoms with E-state index in [1.165, 1.54) is 11.1 Å².